The maximum atomic E-state index is 3.50. The lowest BCUT2D eigenvalue weighted by Crippen LogP contribution is -2.01. The van der Waals surface area contributed by atoms with Gasteiger partial charge in [-0.25, -0.2) is 0 Å². The van der Waals surface area contributed by atoms with E-state index in [1.165, 1.54) is 62.6 Å². The normalized spacial score (nSPS) is 10.6. The molecule has 1 aromatic rings. The van der Waals surface area contributed by atoms with Crippen molar-refractivity contribution in [2.45, 2.75) is 65.2 Å². The molecule has 1 rings (SSSR count). The van der Waals surface area contributed by atoms with Crippen LogP contribution >= 0.6 is 0 Å². The highest BCUT2D eigenvalue weighted by Crippen LogP contribution is 2.12. The molecule has 0 aliphatic carbocycles. The summed E-state index contributed by atoms with van der Waals surface area (Å²) >= 11 is 0. The highest BCUT2D eigenvalue weighted by Gasteiger charge is 1.94. The van der Waals surface area contributed by atoms with Crippen LogP contribution in [0.3, 0.4) is 0 Å². The Morgan fingerprint density at radius 3 is 2.11 bits per heavy atom. The zero-order chi connectivity index (χ0) is 13.1. The third-order valence-electron chi connectivity index (χ3n) is 3.38. The fraction of sp³-hybridized carbons (Fsp3) is 0.647. The van der Waals surface area contributed by atoms with E-state index in [4.69, 9.17) is 0 Å². The molecule has 0 fully saturated rings. The zero-order valence-electron chi connectivity index (χ0n) is 12.2. The Morgan fingerprint density at radius 1 is 0.778 bits per heavy atom. The van der Waals surface area contributed by atoms with E-state index in [0.29, 0.717) is 0 Å². The van der Waals surface area contributed by atoms with Gasteiger partial charge in [-0.1, -0.05) is 58.1 Å². The second kappa shape index (κ2) is 9.99. The van der Waals surface area contributed by atoms with Gasteiger partial charge in [0, 0.05) is 12.2 Å². The Labute approximate surface area is 113 Å². The molecule has 1 N–H and O–H groups in total. The highest BCUT2D eigenvalue weighted by atomic mass is 14.9. The van der Waals surface area contributed by atoms with Gasteiger partial charge in [0.05, 0.1) is 0 Å². The number of unbranched alkanes of at least 4 members (excludes halogenated alkanes) is 5. The van der Waals surface area contributed by atoms with E-state index in [1.807, 2.05) is 0 Å². The molecule has 0 unspecified atom stereocenters. The number of anilines is 1. The number of benzene rings is 1. The van der Waals surface area contributed by atoms with Crippen molar-refractivity contribution in [1.29, 1.82) is 0 Å². The first-order chi connectivity index (χ1) is 8.86. The van der Waals surface area contributed by atoms with Gasteiger partial charge in [0.2, 0.25) is 0 Å². The molecule has 0 aliphatic heterocycles. The van der Waals surface area contributed by atoms with Crippen LogP contribution < -0.4 is 5.32 Å². The van der Waals surface area contributed by atoms with Crippen LogP contribution in [-0.2, 0) is 6.42 Å². The summed E-state index contributed by atoms with van der Waals surface area (Å²) in [4.78, 5) is 0. The molecule has 1 nitrogen and oxygen atoms in total. The Kier molecular flexibility index (Phi) is 8.37. The monoisotopic (exact) mass is 247 g/mol. The van der Waals surface area contributed by atoms with Crippen LogP contribution in [-0.4, -0.2) is 6.54 Å². The van der Waals surface area contributed by atoms with Crippen LogP contribution in [0, 0.1) is 0 Å². The topological polar surface area (TPSA) is 12.0 Å². The van der Waals surface area contributed by atoms with E-state index >= 15 is 0 Å². The van der Waals surface area contributed by atoms with Crippen molar-refractivity contribution in [3.05, 3.63) is 29.8 Å². The lowest BCUT2D eigenvalue weighted by Gasteiger charge is -2.07. The van der Waals surface area contributed by atoms with Crippen molar-refractivity contribution in [1.82, 2.24) is 0 Å². The number of rotatable bonds is 10. The molecule has 1 heteroatoms. The molecule has 0 atom stereocenters. The molecular weight excluding hydrogens is 218 g/mol. The molecule has 18 heavy (non-hydrogen) atoms. The minimum absolute atomic E-state index is 1.11. The minimum atomic E-state index is 1.11. The summed E-state index contributed by atoms with van der Waals surface area (Å²) in [5.41, 5.74) is 2.73. The Morgan fingerprint density at radius 2 is 1.44 bits per heavy atom. The highest BCUT2D eigenvalue weighted by molar-refractivity contribution is 5.44. The van der Waals surface area contributed by atoms with Crippen LogP contribution in [0.15, 0.2) is 24.3 Å². The average Bonchev–Trinajstić information content (AvgIpc) is 2.42. The second-order valence-corrected chi connectivity index (χ2v) is 5.14. The molecule has 0 saturated heterocycles. The van der Waals surface area contributed by atoms with Crippen molar-refractivity contribution in [3.63, 3.8) is 0 Å². The van der Waals surface area contributed by atoms with Crippen LogP contribution in [0.25, 0.3) is 0 Å². The van der Waals surface area contributed by atoms with Gasteiger partial charge >= 0.3 is 0 Å². The summed E-state index contributed by atoms with van der Waals surface area (Å²) in [5, 5.41) is 3.50. The average molecular weight is 247 g/mol. The van der Waals surface area contributed by atoms with Crippen LogP contribution in [0.5, 0.6) is 0 Å². The van der Waals surface area contributed by atoms with Crippen LogP contribution in [0.2, 0.25) is 0 Å². The largest absolute Gasteiger partial charge is 0.385 e. The van der Waals surface area contributed by atoms with Gasteiger partial charge in [0.15, 0.2) is 0 Å². The molecule has 0 spiro atoms. The van der Waals surface area contributed by atoms with Crippen LogP contribution in [0.1, 0.15) is 64.4 Å². The predicted octanol–water partition coefficient (Wildman–Crippen LogP) is 5.41. The smallest absolute Gasteiger partial charge is 0.0340 e. The molecule has 0 saturated carbocycles. The Hall–Kier alpha value is -0.980. The molecule has 0 aliphatic rings. The summed E-state index contributed by atoms with van der Waals surface area (Å²) in [6.45, 7) is 5.62. The van der Waals surface area contributed by atoms with Crippen LogP contribution in [0.4, 0.5) is 5.69 Å². The lowest BCUT2D eigenvalue weighted by molar-refractivity contribution is 0.645. The molecule has 102 valence electrons. The number of hydrogen-bond acceptors (Lipinski definition) is 1. The van der Waals surface area contributed by atoms with Gasteiger partial charge in [-0.05, 0) is 37.0 Å². The molecular formula is C17H29N. The summed E-state index contributed by atoms with van der Waals surface area (Å²) in [6.07, 6.45) is 10.5. The first kappa shape index (κ1) is 15.1. The zero-order valence-corrected chi connectivity index (χ0v) is 12.2. The lowest BCUT2D eigenvalue weighted by atomic mass is 10.1. The van der Waals surface area contributed by atoms with E-state index in [1.54, 1.807) is 0 Å². The van der Waals surface area contributed by atoms with Gasteiger partial charge in [0.25, 0.3) is 0 Å². The van der Waals surface area contributed by atoms with Gasteiger partial charge < -0.3 is 5.32 Å². The summed E-state index contributed by atoms with van der Waals surface area (Å²) < 4.78 is 0. The van der Waals surface area contributed by atoms with Crippen molar-refractivity contribution >= 4 is 5.69 Å². The first-order valence-corrected chi connectivity index (χ1v) is 7.69. The van der Waals surface area contributed by atoms with Gasteiger partial charge in [-0.3, -0.25) is 0 Å². The fourth-order valence-corrected chi connectivity index (χ4v) is 2.13. The number of hydrogen-bond donors (Lipinski definition) is 1. The molecule has 0 bridgehead atoms. The maximum absolute atomic E-state index is 3.50. The number of nitrogens with one attached hydrogen (secondary N) is 1. The van der Waals surface area contributed by atoms with E-state index in [-0.39, 0.29) is 0 Å². The molecule has 0 heterocycles. The Balaban J connectivity index is 2.14. The quantitative estimate of drug-likeness (QED) is 0.545. The van der Waals surface area contributed by atoms with Gasteiger partial charge in [-0.15, -0.1) is 0 Å². The summed E-state index contributed by atoms with van der Waals surface area (Å²) in [6, 6.07) is 8.96. The SMILES string of the molecule is CCCCCCCNc1ccc(CCCC)cc1. The van der Waals surface area contributed by atoms with E-state index in [2.05, 4.69) is 43.4 Å². The maximum Gasteiger partial charge on any atom is 0.0340 e. The van der Waals surface area contributed by atoms with Crippen molar-refractivity contribution in [2.75, 3.05) is 11.9 Å². The van der Waals surface area contributed by atoms with Crippen molar-refractivity contribution in [3.8, 4) is 0 Å². The molecule has 0 aromatic heterocycles. The molecule has 1 aromatic carbocycles. The fourth-order valence-electron chi connectivity index (χ4n) is 2.13. The Bertz CT molecular complexity index is 289. The van der Waals surface area contributed by atoms with E-state index < -0.39 is 0 Å². The molecule has 0 amide bonds. The number of aryl methyl sites for hydroxylation is 1. The van der Waals surface area contributed by atoms with Crippen molar-refractivity contribution < 1.29 is 0 Å². The standard InChI is InChI=1S/C17H29N/c1-3-5-7-8-9-15-18-17-13-11-16(12-14-17)10-6-4-2/h11-14,18H,3-10,15H2,1-2H3. The van der Waals surface area contributed by atoms with Crippen molar-refractivity contribution in [2.24, 2.45) is 0 Å². The van der Waals surface area contributed by atoms with Gasteiger partial charge in [0.1, 0.15) is 0 Å². The molecule has 0 radical (unpaired) electrons. The third kappa shape index (κ3) is 6.68. The van der Waals surface area contributed by atoms with E-state index in [9.17, 15) is 0 Å². The predicted molar refractivity (Wildman–Crippen MR) is 82.3 cm³/mol. The second-order valence-electron chi connectivity index (χ2n) is 5.14. The van der Waals surface area contributed by atoms with Gasteiger partial charge in [-0.2, -0.15) is 0 Å². The first-order valence-electron chi connectivity index (χ1n) is 7.69. The minimum Gasteiger partial charge on any atom is -0.385 e. The summed E-state index contributed by atoms with van der Waals surface area (Å²) in [7, 11) is 0. The summed E-state index contributed by atoms with van der Waals surface area (Å²) in [5.74, 6) is 0. The third-order valence-corrected chi connectivity index (χ3v) is 3.38. The van der Waals surface area contributed by atoms with E-state index in [0.717, 1.165) is 6.54 Å².